The molecule has 0 fully saturated rings. The fourth-order valence-corrected chi connectivity index (χ4v) is 2.85. The lowest BCUT2D eigenvalue weighted by atomic mass is 10.0. The van der Waals surface area contributed by atoms with Crippen LogP contribution in [0, 0.1) is 20.8 Å². The second-order valence-corrected chi connectivity index (χ2v) is 6.38. The maximum absolute atomic E-state index is 12.1. The van der Waals surface area contributed by atoms with Crippen molar-refractivity contribution >= 4 is 39.1 Å². The van der Waals surface area contributed by atoms with E-state index < -0.39 is 0 Å². The topological polar surface area (TPSA) is 58.2 Å². The Morgan fingerprint density at radius 1 is 0.957 bits per heavy atom. The predicted molar refractivity (Wildman–Crippen MR) is 96.7 cm³/mol. The van der Waals surface area contributed by atoms with Gasteiger partial charge in [0, 0.05) is 10.2 Å². The normalized spacial score (nSPS) is 10.3. The number of benzene rings is 2. The van der Waals surface area contributed by atoms with Gasteiger partial charge in [-0.3, -0.25) is 9.59 Å². The van der Waals surface area contributed by atoms with E-state index in [9.17, 15) is 9.59 Å². The molecule has 5 heteroatoms. The number of amides is 2. The summed E-state index contributed by atoms with van der Waals surface area (Å²) in [6, 6.07) is 11.3. The Kier molecular flexibility index (Phi) is 5.55. The van der Waals surface area contributed by atoms with Crippen molar-refractivity contribution in [2.45, 2.75) is 27.2 Å². The second-order valence-electron chi connectivity index (χ2n) is 5.53. The number of hydrogen-bond donors (Lipinski definition) is 2. The molecule has 2 N–H and O–H groups in total. The molecule has 0 bridgehead atoms. The van der Waals surface area contributed by atoms with Crippen molar-refractivity contribution in [2.24, 2.45) is 0 Å². The van der Waals surface area contributed by atoms with E-state index in [4.69, 9.17) is 0 Å². The molecule has 0 aromatic heterocycles. The van der Waals surface area contributed by atoms with Gasteiger partial charge in [0.05, 0.1) is 5.69 Å². The molecule has 4 nitrogen and oxygen atoms in total. The lowest BCUT2D eigenvalue weighted by Gasteiger charge is -2.13. The molecule has 0 aliphatic heterocycles. The van der Waals surface area contributed by atoms with Crippen LogP contribution in [0.1, 0.15) is 23.1 Å². The van der Waals surface area contributed by atoms with Crippen LogP contribution in [0.5, 0.6) is 0 Å². The third kappa shape index (κ3) is 4.66. The first kappa shape index (κ1) is 17.2. The summed E-state index contributed by atoms with van der Waals surface area (Å²) in [7, 11) is 0. The molecule has 0 saturated heterocycles. The maximum atomic E-state index is 12.1. The number of anilines is 2. The molecule has 2 rings (SSSR count). The summed E-state index contributed by atoms with van der Waals surface area (Å²) in [4.78, 5) is 24.1. The fraction of sp³-hybridized carbons (Fsp3) is 0.222. The van der Waals surface area contributed by atoms with Gasteiger partial charge in [0.2, 0.25) is 11.8 Å². The van der Waals surface area contributed by atoms with Crippen molar-refractivity contribution in [3.05, 3.63) is 57.6 Å². The van der Waals surface area contributed by atoms with Crippen LogP contribution in [0.25, 0.3) is 0 Å². The highest BCUT2D eigenvalue weighted by atomic mass is 79.9. The number of para-hydroxylation sites is 1. The van der Waals surface area contributed by atoms with Gasteiger partial charge in [0.15, 0.2) is 0 Å². The van der Waals surface area contributed by atoms with Crippen LogP contribution < -0.4 is 10.6 Å². The minimum absolute atomic E-state index is 0.228. The van der Waals surface area contributed by atoms with Crippen LogP contribution in [0.4, 0.5) is 11.4 Å². The molecule has 0 heterocycles. The summed E-state index contributed by atoms with van der Waals surface area (Å²) < 4.78 is 0.777. The summed E-state index contributed by atoms with van der Waals surface area (Å²) in [5, 5.41) is 5.54. The summed E-state index contributed by atoms with van der Waals surface area (Å²) in [5.41, 5.74) is 4.54. The first-order valence-corrected chi connectivity index (χ1v) is 8.08. The van der Waals surface area contributed by atoms with Crippen molar-refractivity contribution in [1.29, 1.82) is 0 Å². The molecule has 120 valence electrons. The Bertz CT molecular complexity index is 733. The van der Waals surface area contributed by atoms with Gasteiger partial charge in [-0.15, -0.1) is 0 Å². The molecule has 0 aliphatic rings. The largest absolute Gasteiger partial charge is 0.325 e. The number of halogens is 1. The highest BCUT2D eigenvalue weighted by Crippen LogP contribution is 2.23. The van der Waals surface area contributed by atoms with Crippen molar-refractivity contribution < 1.29 is 9.59 Å². The van der Waals surface area contributed by atoms with E-state index in [0.29, 0.717) is 5.69 Å². The zero-order valence-electron chi connectivity index (χ0n) is 13.4. The minimum atomic E-state index is -0.350. The highest BCUT2D eigenvalue weighted by Gasteiger charge is 2.13. The smallest absolute Gasteiger partial charge is 0.233 e. The van der Waals surface area contributed by atoms with Crippen LogP contribution in [0.15, 0.2) is 40.9 Å². The highest BCUT2D eigenvalue weighted by molar-refractivity contribution is 9.10. The van der Waals surface area contributed by atoms with Crippen molar-refractivity contribution in [2.75, 3.05) is 10.6 Å². The molecule has 0 aliphatic carbocycles. The molecule has 2 aromatic rings. The van der Waals surface area contributed by atoms with Gasteiger partial charge in [0.1, 0.15) is 6.42 Å². The van der Waals surface area contributed by atoms with Crippen molar-refractivity contribution in [1.82, 2.24) is 0 Å². The zero-order valence-corrected chi connectivity index (χ0v) is 15.0. The molecule has 0 radical (unpaired) electrons. The van der Waals surface area contributed by atoms with Crippen LogP contribution in [-0.4, -0.2) is 11.8 Å². The average molecular weight is 375 g/mol. The zero-order chi connectivity index (χ0) is 17.0. The van der Waals surface area contributed by atoms with Gasteiger partial charge >= 0.3 is 0 Å². The maximum Gasteiger partial charge on any atom is 0.233 e. The fourth-order valence-electron chi connectivity index (χ4n) is 2.46. The predicted octanol–water partition coefficient (Wildman–Crippen LogP) is 4.34. The summed E-state index contributed by atoms with van der Waals surface area (Å²) in [6.07, 6.45) is -0.228. The summed E-state index contributed by atoms with van der Waals surface area (Å²) in [6.45, 7) is 5.89. The Morgan fingerprint density at radius 3 is 2.13 bits per heavy atom. The van der Waals surface area contributed by atoms with E-state index in [2.05, 4.69) is 26.6 Å². The quantitative estimate of drug-likeness (QED) is 0.781. The number of aryl methyl sites for hydroxylation is 3. The van der Waals surface area contributed by atoms with E-state index in [-0.39, 0.29) is 18.2 Å². The molecule has 2 aromatic carbocycles. The summed E-state index contributed by atoms with van der Waals surface area (Å²) >= 11 is 3.36. The van der Waals surface area contributed by atoms with E-state index in [1.807, 2.05) is 51.1 Å². The van der Waals surface area contributed by atoms with Crippen LogP contribution in [0.3, 0.4) is 0 Å². The Hall–Kier alpha value is -2.14. The molecule has 0 spiro atoms. The third-order valence-corrected chi connectivity index (χ3v) is 4.10. The van der Waals surface area contributed by atoms with E-state index in [1.165, 1.54) is 0 Å². The van der Waals surface area contributed by atoms with E-state index in [0.717, 1.165) is 26.9 Å². The Balaban J connectivity index is 2.00. The molecule has 23 heavy (non-hydrogen) atoms. The van der Waals surface area contributed by atoms with E-state index in [1.54, 1.807) is 6.07 Å². The Labute approximate surface area is 144 Å². The van der Waals surface area contributed by atoms with Crippen LogP contribution >= 0.6 is 15.9 Å². The monoisotopic (exact) mass is 374 g/mol. The molecule has 0 atom stereocenters. The van der Waals surface area contributed by atoms with Crippen molar-refractivity contribution in [3.63, 3.8) is 0 Å². The van der Waals surface area contributed by atoms with Gasteiger partial charge in [-0.05, 0) is 60.0 Å². The van der Waals surface area contributed by atoms with Gasteiger partial charge in [0.25, 0.3) is 0 Å². The lowest BCUT2D eigenvalue weighted by molar-refractivity contribution is -0.123. The van der Waals surface area contributed by atoms with E-state index >= 15 is 0 Å². The molecule has 0 saturated carbocycles. The standard InChI is InChI=1S/C18H19BrN2O2/c1-11-8-12(2)18(13(3)9-11)21-17(23)10-16(22)20-15-7-5-4-6-14(15)19/h4-9H,10H2,1-3H3,(H,20,22)(H,21,23). The molecular formula is C18H19BrN2O2. The number of hydrogen-bond acceptors (Lipinski definition) is 2. The first-order valence-electron chi connectivity index (χ1n) is 7.29. The second kappa shape index (κ2) is 7.42. The van der Waals surface area contributed by atoms with Crippen LogP contribution in [-0.2, 0) is 9.59 Å². The SMILES string of the molecule is Cc1cc(C)c(NC(=O)CC(=O)Nc2ccccc2Br)c(C)c1. The van der Waals surface area contributed by atoms with Gasteiger partial charge in [-0.25, -0.2) is 0 Å². The third-order valence-electron chi connectivity index (χ3n) is 3.41. The number of carbonyl (C=O) groups excluding carboxylic acids is 2. The van der Waals surface area contributed by atoms with Gasteiger partial charge < -0.3 is 10.6 Å². The summed E-state index contributed by atoms with van der Waals surface area (Å²) in [5.74, 6) is -0.679. The Morgan fingerprint density at radius 2 is 1.52 bits per heavy atom. The lowest BCUT2D eigenvalue weighted by Crippen LogP contribution is -2.22. The average Bonchev–Trinajstić information content (AvgIpc) is 2.45. The van der Waals surface area contributed by atoms with Crippen molar-refractivity contribution in [3.8, 4) is 0 Å². The number of carbonyl (C=O) groups is 2. The minimum Gasteiger partial charge on any atom is -0.325 e. The van der Waals surface area contributed by atoms with Gasteiger partial charge in [-0.2, -0.15) is 0 Å². The molecule has 2 amide bonds. The number of rotatable bonds is 4. The molecule has 0 unspecified atom stereocenters. The van der Waals surface area contributed by atoms with Crippen LogP contribution in [0.2, 0.25) is 0 Å². The van der Waals surface area contributed by atoms with Gasteiger partial charge in [-0.1, -0.05) is 29.8 Å². The number of nitrogens with one attached hydrogen (secondary N) is 2. The first-order chi connectivity index (χ1) is 10.9. The molecular weight excluding hydrogens is 356 g/mol.